The van der Waals surface area contributed by atoms with Gasteiger partial charge in [-0.05, 0) is 49.4 Å². The Bertz CT molecular complexity index is 1170. The van der Waals surface area contributed by atoms with Crippen molar-refractivity contribution < 1.29 is 28.5 Å². The molecule has 34 heavy (non-hydrogen) atoms. The van der Waals surface area contributed by atoms with Crippen LogP contribution in [-0.2, 0) is 19.1 Å². The highest BCUT2D eigenvalue weighted by molar-refractivity contribution is 7.10. The van der Waals surface area contributed by atoms with Crippen molar-refractivity contribution in [3.63, 3.8) is 0 Å². The number of dihydropyridines is 1. The van der Waals surface area contributed by atoms with E-state index in [0.29, 0.717) is 54.4 Å². The maximum atomic E-state index is 13.6. The number of benzene rings is 1. The number of ether oxygens (including phenoxy) is 4. The third-order valence-electron chi connectivity index (χ3n) is 6.39. The molecule has 0 amide bonds. The molecule has 178 valence electrons. The second-order valence-electron chi connectivity index (χ2n) is 8.48. The Morgan fingerprint density at radius 3 is 2.82 bits per heavy atom. The molecule has 3 aliphatic rings. The molecule has 2 aromatic rings. The lowest BCUT2D eigenvalue weighted by Crippen LogP contribution is -2.36. The number of Topliss-reactive ketones (excluding diaryl/α,β-unsaturated/α-hetero) is 1. The van der Waals surface area contributed by atoms with Gasteiger partial charge in [0.05, 0.1) is 12.2 Å². The fraction of sp³-hybridized carbons (Fsp3) is 0.385. The molecule has 0 saturated carbocycles. The van der Waals surface area contributed by atoms with Crippen LogP contribution in [-0.4, -0.2) is 38.4 Å². The summed E-state index contributed by atoms with van der Waals surface area (Å²) in [5, 5.41) is 5.42. The first-order valence-corrected chi connectivity index (χ1v) is 12.4. The molecule has 0 unspecified atom stereocenters. The molecule has 3 heterocycles. The zero-order chi connectivity index (χ0) is 23.7. The summed E-state index contributed by atoms with van der Waals surface area (Å²) in [7, 11) is 0. The number of hydrogen-bond donors (Lipinski definition) is 1. The molecule has 0 saturated heterocycles. The highest BCUT2D eigenvalue weighted by atomic mass is 32.1. The number of thiophene rings is 1. The van der Waals surface area contributed by atoms with Crippen LogP contribution in [0.25, 0.3) is 0 Å². The van der Waals surface area contributed by atoms with Gasteiger partial charge in [0.2, 0.25) is 6.79 Å². The normalized spacial score (nSPS) is 21.4. The van der Waals surface area contributed by atoms with Gasteiger partial charge in [0.25, 0.3) is 0 Å². The van der Waals surface area contributed by atoms with E-state index in [4.69, 9.17) is 18.9 Å². The van der Waals surface area contributed by atoms with Crippen molar-refractivity contribution in [3.05, 3.63) is 68.7 Å². The number of allylic oxidation sites excluding steroid dienone is 3. The van der Waals surface area contributed by atoms with Crippen molar-refractivity contribution >= 4 is 23.1 Å². The van der Waals surface area contributed by atoms with E-state index < -0.39 is 11.9 Å². The minimum absolute atomic E-state index is 0.0435. The van der Waals surface area contributed by atoms with Crippen LogP contribution in [0.3, 0.4) is 0 Å². The quantitative estimate of drug-likeness (QED) is 0.463. The Balaban J connectivity index is 1.53. The van der Waals surface area contributed by atoms with E-state index >= 15 is 0 Å². The van der Waals surface area contributed by atoms with Gasteiger partial charge in [-0.1, -0.05) is 12.1 Å². The van der Waals surface area contributed by atoms with Gasteiger partial charge < -0.3 is 24.3 Å². The second-order valence-corrected chi connectivity index (χ2v) is 9.46. The molecule has 2 aliphatic heterocycles. The van der Waals surface area contributed by atoms with E-state index in [1.165, 1.54) is 4.88 Å². The maximum Gasteiger partial charge on any atom is 0.336 e. The number of fused-ring (bicyclic) bond motifs is 1. The summed E-state index contributed by atoms with van der Waals surface area (Å²) in [6.07, 6.45) is 1.13. The maximum absolute atomic E-state index is 13.6. The van der Waals surface area contributed by atoms with E-state index in [1.54, 1.807) is 11.3 Å². The molecule has 8 heteroatoms. The summed E-state index contributed by atoms with van der Waals surface area (Å²) >= 11 is 1.67. The summed E-state index contributed by atoms with van der Waals surface area (Å²) in [6.45, 7) is 4.94. The summed E-state index contributed by atoms with van der Waals surface area (Å²) in [5.41, 5.74) is 3.45. The third kappa shape index (κ3) is 4.23. The molecular formula is C26H27NO6S. The highest BCUT2D eigenvalue weighted by Gasteiger charge is 2.42. The van der Waals surface area contributed by atoms with Crippen LogP contribution >= 0.6 is 11.3 Å². The molecule has 0 radical (unpaired) electrons. The molecular weight excluding hydrogens is 454 g/mol. The standard InChI is InChI=1S/C26H27NO6S/c1-3-30-8-9-31-26(29)23-15(2)27-18-11-17(22-5-4-10-34-22)12-19(28)25(18)24(23)16-6-7-20-21(13-16)33-14-32-20/h4-7,10,13,17,24,27H,3,8-9,11-12,14H2,1-2H3/t17-,24-/m1/s1. The van der Waals surface area contributed by atoms with Gasteiger partial charge in [0.1, 0.15) is 6.61 Å². The summed E-state index contributed by atoms with van der Waals surface area (Å²) in [4.78, 5) is 28.0. The molecule has 0 fully saturated rings. The van der Waals surface area contributed by atoms with Crippen LogP contribution in [0, 0.1) is 0 Å². The van der Waals surface area contributed by atoms with Crippen LogP contribution in [0.5, 0.6) is 11.5 Å². The van der Waals surface area contributed by atoms with Crippen molar-refractivity contribution in [2.45, 2.75) is 38.5 Å². The van der Waals surface area contributed by atoms with Gasteiger partial charge in [-0.2, -0.15) is 0 Å². The van der Waals surface area contributed by atoms with Crippen molar-refractivity contribution in [1.82, 2.24) is 5.32 Å². The first-order valence-electron chi connectivity index (χ1n) is 11.5. The number of carbonyl (C=O) groups is 2. The average Bonchev–Trinajstić information content (AvgIpc) is 3.52. The number of rotatable bonds is 7. The monoisotopic (exact) mass is 481 g/mol. The Morgan fingerprint density at radius 1 is 1.18 bits per heavy atom. The van der Waals surface area contributed by atoms with Crippen molar-refractivity contribution in [2.75, 3.05) is 26.6 Å². The van der Waals surface area contributed by atoms with E-state index in [0.717, 1.165) is 11.3 Å². The largest absolute Gasteiger partial charge is 0.460 e. The lowest BCUT2D eigenvalue weighted by atomic mass is 9.72. The molecule has 1 aromatic heterocycles. The van der Waals surface area contributed by atoms with Crippen molar-refractivity contribution in [2.24, 2.45) is 0 Å². The molecule has 1 aromatic carbocycles. The van der Waals surface area contributed by atoms with Gasteiger partial charge in [-0.15, -0.1) is 11.3 Å². The summed E-state index contributed by atoms with van der Waals surface area (Å²) in [6, 6.07) is 9.68. The van der Waals surface area contributed by atoms with E-state index in [9.17, 15) is 9.59 Å². The molecule has 1 aliphatic carbocycles. The van der Waals surface area contributed by atoms with E-state index in [1.807, 2.05) is 43.5 Å². The second kappa shape index (κ2) is 9.64. The fourth-order valence-corrected chi connectivity index (χ4v) is 5.71. The van der Waals surface area contributed by atoms with Gasteiger partial charge in [-0.25, -0.2) is 4.79 Å². The Hall–Kier alpha value is -3.10. The number of ketones is 1. The topological polar surface area (TPSA) is 83.1 Å². The van der Waals surface area contributed by atoms with Gasteiger partial charge in [-0.3, -0.25) is 4.79 Å². The first kappa shape index (κ1) is 22.7. The summed E-state index contributed by atoms with van der Waals surface area (Å²) < 4.78 is 21.9. The van der Waals surface area contributed by atoms with Crippen molar-refractivity contribution in [1.29, 1.82) is 0 Å². The van der Waals surface area contributed by atoms with E-state index in [-0.39, 0.29) is 25.1 Å². The fourth-order valence-electron chi connectivity index (χ4n) is 4.88. The predicted molar refractivity (Wildman–Crippen MR) is 127 cm³/mol. The lowest BCUT2D eigenvalue weighted by Gasteiger charge is -2.36. The molecule has 7 nitrogen and oxygen atoms in total. The first-order chi connectivity index (χ1) is 16.6. The van der Waals surface area contributed by atoms with Crippen LogP contribution in [0.15, 0.2) is 58.3 Å². The minimum Gasteiger partial charge on any atom is -0.460 e. The van der Waals surface area contributed by atoms with Crippen molar-refractivity contribution in [3.8, 4) is 11.5 Å². The zero-order valence-electron chi connectivity index (χ0n) is 19.2. The average molecular weight is 482 g/mol. The van der Waals surface area contributed by atoms with Gasteiger partial charge >= 0.3 is 5.97 Å². The third-order valence-corrected chi connectivity index (χ3v) is 7.42. The van der Waals surface area contributed by atoms with Gasteiger partial charge in [0, 0.05) is 46.7 Å². The lowest BCUT2D eigenvalue weighted by molar-refractivity contribution is -0.140. The predicted octanol–water partition coefficient (Wildman–Crippen LogP) is 4.42. The Kier molecular flexibility index (Phi) is 6.43. The van der Waals surface area contributed by atoms with Crippen LogP contribution < -0.4 is 14.8 Å². The molecule has 0 spiro atoms. The SMILES string of the molecule is CCOCCOC(=O)C1=C(C)NC2=C(C(=O)C[C@H](c3cccs3)C2)[C@@H]1c1ccc2c(c1)OCO2. The number of esters is 1. The number of hydrogen-bond acceptors (Lipinski definition) is 8. The van der Waals surface area contributed by atoms with E-state index in [2.05, 4.69) is 11.4 Å². The molecule has 5 rings (SSSR count). The molecule has 0 bridgehead atoms. The number of nitrogens with one attached hydrogen (secondary N) is 1. The molecule has 2 atom stereocenters. The zero-order valence-corrected chi connectivity index (χ0v) is 20.0. The molecule has 1 N–H and O–H groups in total. The Labute approximate surface area is 202 Å². The Morgan fingerprint density at radius 2 is 2.03 bits per heavy atom. The van der Waals surface area contributed by atoms with Crippen LogP contribution in [0.2, 0.25) is 0 Å². The van der Waals surface area contributed by atoms with Crippen LogP contribution in [0.4, 0.5) is 0 Å². The minimum atomic E-state index is -0.540. The number of carbonyl (C=O) groups excluding carboxylic acids is 2. The summed E-state index contributed by atoms with van der Waals surface area (Å²) in [5.74, 6) is 0.445. The highest BCUT2D eigenvalue weighted by Crippen LogP contribution is 2.47. The smallest absolute Gasteiger partial charge is 0.336 e. The van der Waals surface area contributed by atoms with Crippen LogP contribution in [0.1, 0.15) is 49.0 Å². The van der Waals surface area contributed by atoms with Gasteiger partial charge in [0.15, 0.2) is 17.3 Å².